The van der Waals surface area contributed by atoms with Gasteiger partial charge in [0.25, 0.3) is 5.91 Å². The van der Waals surface area contributed by atoms with Crippen molar-refractivity contribution in [2.75, 3.05) is 12.0 Å². The zero-order valence-electron chi connectivity index (χ0n) is 14.6. The number of nitrogens with zero attached hydrogens (tertiary/aromatic N) is 2. The Morgan fingerprint density at radius 3 is 2.73 bits per heavy atom. The molecule has 0 spiro atoms. The summed E-state index contributed by atoms with van der Waals surface area (Å²) < 4.78 is 8.42. The Bertz CT molecular complexity index is 980. The monoisotopic (exact) mass is 410 g/mol. The Morgan fingerprint density at radius 2 is 1.96 bits per heavy atom. The van der Waals surface area contributed by atoms with Gasteiger partial charge in [-0.15, -0.1) is 0 Å². The lowest BCUT2D eigenvalue weighted by Crippen LogP contribution is -2.39. The molecule has 0 bridgehead atoms. The van der Waals surface area contributed by atoms with E-state index in [0.717, 1.165) is 28.0 Å². The summed E-state index contributed by atoms with van der Waals surface area (Å²) >= 11 is 3.55. The third kappa shape index (κ3) is 2.63. The number of hydrogen-bond donors (Lipinski definition) is 0. The van der Waals surface area contributed by atoms with Gasteiger partial charge in [0.1, 0.15) is 5.75 Å². The number of aromatic nitrogens is 1. The number of methoxy groups -OCH3 is 1. The Balaban J connectivity index is 1.89. The second-order valence-corrected chi connectivity index (χ2v) is 7.18. The molecule has 1 aliphatic rings. The third-order valence-electron chi connectivity index (χ3n) is 4.81. The van der Waals surface area contributed by atoms with Gasteiger partial charge in [-0.25, -0.2) is 0 Å². The molecule has 0 aliphatic carbocycles. The molecule has 1 aromatic heterocycles. The fourth-order valence-electron chi connectivity index (χ4n) is 3.62. The Kier molecular flexibility index (Phi) is 4.32. The fraction of sp³-hybridized carbons (Fsp3) is 0.190. The summed E-state index contributed by atoms with van der Waals surface area (Å²) in [6, 6.07) is 17.5. The lowest BCUT2D eigenvalue weighted by atomic mass is 10.0. The smallest absolute Gasteiger partial charge is 0.259 e. The number of hydrogen-bond acceptors (Lipinski definition) is 2. The van der Waals surface area contributed by atoms with Crippen molar-refractivity contribution in [1.82, 2.24) is 4.57 Å². The van der Waals surface area contributed by atoms with Gasteiger partial charge in [0.15, 0.2) is 0 Å². The van der Waals surface area contributed by atoms with E-state index in [1.165, 1.54) is 0 Å². The van der Waals surface area contributed by atoms with Crippen molar-refractivity contribution in [3.05, 3.63) is 76.5 Å². The van der Waals surface area contributed by atoms with Gasteiger partial charge < -0.3 is 9.30 Å². The first-order chi connectivity index (χ1) is 12.6. The van der Waals surface area contributed by atoms with Gasteiger partial charge in [0.2, 0.25) is 0 Å². The molecular formula is C21H19BrN2O2. The molecule has 1 amide bonds. The lowest BCUT2D eigenvalue weighted by molar-refractivity contribution is 0.0973. The molecule has 4 nitrogen and oxygen atoms in total. The Labute approximate surface area is 161 Å². The minimum atomic E-state index is -0.0254. The lowest BCUT2D eigenvalue weighted by Gasteiger charge is -2.38. The SMILES string of the molecule is CCC1c2cccn2-c2ccc(Br)cc2N1C(=O)c1cccc(OC)c1. The van der Waals surface area contributed by atoms with E-state index in [-0.39, 0.29) is 11.9 Å². The normalized spacial score (nSPS) is 15.3. The molecule has 1 atom stereocenters. The Hall–Kier alpha value is -2.53. The average Bonchev–Trinajstić information content (AvgIpc) is 3.15. The van der Waals surface area contributed by atoms with Crippen molar-refractivity contribution in [3.63, 3.8) is 0 Å². The van der Waals surface area contributed by atoms with Crippen molar-refractivity contribution in [3.8, 4) is 11.4 Å². The van der Waals surface area contributed by atoms with E-state index in [1.54, 1.807) is 13.2 Å². The number of amides is 1. The summed E-state index contributed by atoms with van der Waals surface area (Å²) in [5.41, 5.74) is 3.66. The van der Waals surface area contributed by atoms with Gasteiger partial charge in [-0.2, -0.15) is 0 Å². The minimum absolute atomic E-state index is 0.0227. The van der Waals surface area contributed by atoms with Crippen LogP contribution in [-0.4, -0.2) is 17.6 Å². The van der Waals surface area contributed by atoms with E-state index in [0.29, 0.717) is 11.3 Å². The van der Waals surface area contributed by atoms with E-state index in [2.05, 4.69) is 39.7 Å². The van der Waals surface area contributed by atoms with E-state index in [1.807, 2.05) is 47.4 Å². The number of fused-ring (bicyclic) bond motifs is 3. The molecule has 0 fully saturated rings. The number of carbonyl (C=O) groups is 1. The number of ether oxygens (including phenoxy) is 1. The van der Waals surface area contributed by atoms with Gasteiger partial charge in [0.05, 0.1) is 24.5 Å². The van der Waals surface area contributed by atoms with Crippen molar-refractivity contribution in [2.45, 2.75) is 19.4 Å². The van der Waals surface area contributed by atoms with Crippen molar-refractivity contribution in [1.29, 1.82) is 0 Å². The first kappa shape index (κ1) is 16.9. The number of carbonyl (C=O) groups excluding carboxylic acids is 1. The summed E-state index contributed by atoms with van der Waals surface area (Å²) in [5.74, 6) is 0.654. The molecule has 0 radical (unpaired) electrons. The van der Waals surface area contributed by atoms with Crippen LogP contribution in [0.25, 0.3) is 5.69 Å². The van der Waals surface area contributed by atoms with Crippen LogP contribution in [0.1, 0.15) is 35.4 Å². The van der Waals surface area contributed by atoms with Crippen LogP contribution in [0.15, 0.2) is 65.3 Å². The van der Waals surface area contributed by atoms with Crippen molar-refractivity contribution in [2.24, 2.45) is 0 Å². The second-order valence-electron chi connectivity index (χ2n) is 6.27. The van der Waals surface area contributed by atoms with Gasteiger partial charge >= 0.3 is 0 Å². The van der Waals surface area contributed by atoms with Gasteiger partial charge in [-0.3, -0.25) is 9.69 Å². The van der Waals surface area contributed by atoms with Gasteiger partial charge in [-0.05, 0) is 55.0 Å². The molecule has 0 saturated carbocycles. The highest BCUT2D eigenvalue weighted by Crippen LogP contribution is 2.42. The van der Waals surface area contributed by atoms with Crippen LogP contribution in [0, 0.1) is 0 Å². The van der Waals surface area contributed by atoms with E-state index in [9.17, 15) is 4.79 Å². The second kappa shape index (κ2) is 6.65. The maximum atomic E-state index is 13.5. The zero-order valence-corrected chi connectivity index (χ0v) is 16.2. The summed E-state index contributed by atoms with van der Waals surface area (Å²) in [6.07, 6.45) is 2.88. The summed E-state index contributed by atoms with van der Waals surface area (Å²) in [5, 5.41) is 0. The quantitative estimate of drug-likeness (QED) is 0.582. The molecule has 132 valence electrons. The van der Waals surface area contributed by atoms with Crippen LogP contribution in [0.4, 0.5) is 5.69 Å². The molecular weight excluding hydrogens is 392 g/mol. The number of benzene rings is 2. The standard InChI is InChI=1S/C21H19BrN2O2/c1-3-17-18-8-5-11-23(18)19-10-9-15(22)13-20(19)24(17)21(25)14-6-4-7-16(12-14)26-2/h4-13,17H,3H2,1-2H3. The zero-order chi connectivity index (χ0) is 18.3. The Morgan fingerprint density at radius 1 is 1.12 bits per heavy atom. The molecule has 0 saturated heterocycles. The minimum Gasteiger partial charge on any atom is -0.497 e. The predicted molar refractivity (Wildman–Crippen MR) is 106 cm³/mol. The van der Waals surface area contributed by atoms with Crippen LogP contribution in [0.3, 0.4) is 0 Å². The van der Waals surface area contributed by atoms with Crippen LogP contribution in [0.5, 0.6) is 5.75 Å². The molecule has 1 aliphatic heterocycles. The van der Waals surface area contributed by atoms with Crippen LogP contribution in [0.2, 0.25) is 0 Å². The van der Waals surface area contributed by atoms with Gasteiger partial charge in [-0.1, -0.05) is 28.9 Å². The molecule has 5 heteroatoms. The average molecular weight is 411 g/mol. The molecule has 2 aromatic carbocycles. The molecule has 2 heterocycles. The van der Waals surface area contributed by atoms with Gasteiger partial charge in [0, 0.05) is 21.9 Å². The highest BCUT2D eigenvalue weighted by Gasteiger charge is 2.34. The van der Waals surface area contributed by atoms with Crippen molar-refractivity contribution < 1.29 is 9.53 Å². The molecule has 4 rings (SSSR count). The maximum absolute atomic E-state index is 13.5. The van der Waals surface area contributed by atoms with E-state index < -0.39 is 0 Å². The summed E-state index contributed by atoms with van der Waals surface area (Å²) in [4.78, 5) is 15.4. The maximum Gasteiger partial charge on any atom is 0.259 e. The van der Waals surface area contributed by atoms with Crippen LogP contribution < -0.4 is 9.64 Å². The molecule has 1 unspecified atom stereocenters. The fourth-order valence-corrected chi connectivity index (χ4v) is 3.97. The third-order valence-corrected chi connectivity index (χ3v) is 5.31. The first-order valence-corrected chi connectivity index (χ1v) is 9.38. The predicted octanol–water partition coefficient (Wildman–Crippen LogP) is 5.36. The van der Waals surface area contributed by atoms with Crippen molar-refractivity contribution >= 4 is 27.5 Å². The largest absolute Gasteiger partial charge is 0.497 e. The number of anilines is 1. The summed E-state index contributed by atoms with van der Waals surface area (Å²) in [7, 11) is 1.61. The number of rotatable bonds is 3. The van der Waals surface area contributed by atoms with E-state index >= 15 is 0 Å². The van der Waals surface area contributed by atoms with E-state index in [4.69, 9.17) is 4.74 Å². The molecule has 3 aromatic rings. The number of halogens is 1. The highest BCUT2D eigenvalue weighted by atomic mass is 79.9. The molecule has 26 heavy (non-hydrogen) atoms. The van der Waals surface area contributed by atoms with Crippen LogP contribution in [-0.2, 0) is 0 Å². The van der Waals surface area contributed by atoms with Crippen LogP contribution >= 0.6 is 15.9 Å². The molecule has 0 N–H and O–H groups in total. The summed E-state index contributed by atoms with van der Waals surface area (Å²) in [6.45, 7) is 2.11. The topological polar surface area (TPSA) is 34.5 Å². The highest BCUT2D eigenvalue weighted by molar-refractivity contribution is 9.10. The first-order valence-electron chi connectivity index (χ1n) is 8.59.